The summed E-state index contributed by atoms with van der Waals surface area (Å²) in [5, 5.41) is 74.6. The number of nitrogens with two attached hydrogens (primary N) is 4. The van der Waals surface area contributed by atoms with Gasteiger partial charge in [0.15, 0.2) is 18.4 Å². The fourth-order valence-corrected chi connectivity index (χ4v) is 4.94. The van der Waals surface area contributed by atoms with Crippen LogP contribution in [0.2, 0.25) is 0 Å². The predicted octanol–water partition coefficient (Wildman–Crippen LogP) is -8.22. The van der Waals surface area contributed by atoms with Crippen molar-refractivity contribution in [1.82, 2.24) is 5.32 Å². The van der Waals surface area contributed by atoms with Crippen LogP contribution in [0.4, 0.5) is 0 Å². The zero-order chi connectivity index (χ0) is 29.9. The number of aliphatic hydroxyl groups excluding tert-OH is 7. The van der Waals surface area contributed by atoms with Gasteiger partial charge in [0.05, 0.1) is 18.7 Å². The molecule has 0 aromatic carbocycles. The molecule has 2 heterocycles. The fraction of sp³-hybridized carbons (Fsp3) is 0.909. The third-order valence-electron chi connectivity index (χ3n) is 7.33. The molecule has 3 fully saturated rings. The number of carbonyl (C=O) groups is 2. The monoisotopic (exact) mass is 583 g/mol. The first-order valence-electron chi connectivity index (χ1n) is 12.9. The lowest BCUT2D eigenvalue weighted by Crippen LogP contribution is -2.69. The van der Waals surface area contributed by atoms with Crippen molar-refractivity contribution >= 4 is 11.7 Å². The first kappa shape index (κ1) is 33.0. The van der Waals surface area contributed by atoms with Gasteiger partial charge in [0, 0.05) is 12.6 Å². The van der Waals surface area contributed by atoms with Crippen LogP contribution in [0.5, 0.6) is 0 Å². The summed E-state index contributed by atoms with van der Waals surface area (Å²) in [4.78, 5) is 24.6. The quantitative estimate of drug-likeness (QED) is 0.113. The largest absolute Gasteiger partial charge is 0.394 e. The van der Waals surface area contributed by atoms with Crippen LogP contribution < -0.4 is 28.3 Å². The Morgan fingerprint density at radius 1 is 0.975 bits per heavy atom. The third-order valence-corrected chi connectivity index (χ3v) is 7.33. The van der Waals surface area contributed by atoms with Crippen LogP contribution in [0.3, 0.4) is 0 Å². The van der Waals surface area contributed by atoms with E-state index in [1.54, 1.807) is 0 Å². The van der Waals surface area contributed by atoms with Gasteiger partial charge in [-0.1, -0.05) is 0 Å². The van der Waals surface area contributed by atoms with Crippen molar-refractivity contribution in [2.45, 2.75) is 105 Å². The molecule has 18 nitrogen and oxygen atoms in total. The van der Waals surface area contributed by atoms with Gasteiger partial charge in [0.2, 0.25) is 5.91 Å². The van der Waals surface area contributed by atoms with Gasteiger partial charge in [-0.3, -0.25) is 9.59 Å². The van der Waals surface area contributed by atoms with Crippen LogP contribution in [0.25, 0.3) is 0 Å². The average molecular weight is 584 g/mol. The minimum absolute atomic E-state index is 0.00394. The Morgan fingerprint density at radius 3 is 2.20 bits per heavy atom. The molecule has 0 unspecified atom stereocenters. The second-order valence-corrected chi connectivity index (χ2v) is 10.2. The molecule has 2 aliphatic heterocycles. The highest BCUT2D eigenvalue weighted by Gasteiger charge is 2.52. The standard InChI is InChI=1S/C22H41N5O13/c23-2-1-8(29)20(36)27-7-3-6(25)18(39-22-16(34)15(33)13(31)9(4-24)37-22)17(35)19(7)40-21-14(32)11(26)12(30)10(5-28)38-21/h6-12,14-19,21-22,28-30,32-35H,1-5,23-26H2,(H,27,36)/t6-,7+,8-,9+,10+,11-,12+,14+,15-,16+,17-,18+,19-,21+,22+/m0/s1. The molecule has 232 valence electrons. The molecule has 3 aliphatic rings. The Balaban J connectivity index is 1.85. The second kappa shape index (κ2) is 14.1. The van der Waals surface area contributed by atoms with E-state index >= 15 is 0 Å². The molecule has 1 aliphatic carbocycles. The van der Waals surface area contributed by atoms with Crippen LogP contribution in [0, 0.1) is 0 Å². The van der Waals surface area contributed by atoms with E-state index in [4.69, 9.17) is 41.9 Å². The molecule has 0 bridgehead atoms. The van der Waals surface area contributed by atoms with Gasteiger partial charge < -0.3 is 82.9 Å². The molecule has 15 atom stereocenters. The summed E-state index contributed by atoms with van der Waals surface area (Å²) in [5.74, 6) is -1.71. The van der Waals surface area contributed by atoms with Crippen molar-refractivity contribution in [2.75, 3.05) is 19.7 Å². The normalized spacial score (nSPS) is 45.2. The minimum atomic E-state index is -1.89. The Labute approximate surface area is 229 Å². The molecule has 1 amide bonds. The molecule has 1 saturated carbocycles. The number of Topliss-reactive ketones (excluding diaryl/α,β-unsaturated/α-hetero) is 1. The summed E-state index contributed by atoms with van der Waals surface area (Å²) < 4.78 is 22.3. The lowest BCUT2D eigenvalue weighted by atomic mass is 9.83. The SMILES string of the molecule is NCC[C@H](O)C(=O)N[C@@H]1C[C@H](N)[C@@H](O[C@H]2O[C@H](CN)C(=O)[C@H](O)[C@H]2O)[C@H](O)[C@H]1O[C@H]1O[C@H](CO)[C@@H](O)[C@H](N)[C@H]1O. The Bertz CT molecular complexity index is 854. The van der Waals surface area contributed by atoms with E-state index in [9.17, 15) is 45.3 Å². The van der Waals surface area contributed by atoms with Crippen LogP contribution in [-0.4, -0.2) is 159 Å². The first-order valence-corrected chi connectivity index (χ1v) is 12.9. The minimum Gasteiger partial charge on any atom is -0.394 e. The summed E-state index contributed by atoms with van der Waals surface area (Å²) in [7, 11) is 0. The Hall–Kier alpha value is -1.46. The zero-order valence-corrected chi connectivity index (χ0v) is 21.6. The number of rotatable bonds is 10. The summed E-state index contributed by atoms with van der Waals surface area (Å²) in [6, 6.07) is -3.50. The van der Waals surface area contributed by atoms with Crippen molar-refractivity contribution in [3.63, 3.8) is 0 Å². The van der Waals surface area contributed by atoms with Crippen molar-refractivity contribution in [1.29, 1.82) is 0 Å². The van der Waals surface area contributed by atoms with E-state index in [2.05, 4.69) is 5.32 Å². The van der Waals surface area contributed by atoms with Crippen molar-refractivity contribution in [2.24, 2.45) is 22.9 Å². The highest BCUT2D eigenvalue weighted by atomic mass is 16.7. The van der Waals surface area contributed by atoms with Crippen LogP contribution in [0.1, 0.15) is 12.8 Å². The number of aliphatic hydroxyl groups is 7. The number of ether oxygens (including phenoxy) is 4. The Kier molecular flexibility index (Phi) is 11.7. The van der Waals surface area contributed by atoms with E-state index in [0.717, 1.165) is 0 Å². The van der Waals surface area contributed by atoms with Crippen molar-refractivity contribution < 1.29 is 64.3 Å². The maximum Gasteiger partial charge on any atom is 0.249 e. The van der Waals surface area contributed by atoms with Gasteiger partial charge in [-0.25, -0.2) is 0 Å². The molecule has 40 heavy (non-hydrogen) atoms. The smallest absolute Gasteiger partial charge is 0.249 e. The van der Waals surface area contributed by atoms with Gasteiger partial charge in [0.1, 0.15) is 61.0 Å². The predicted molar refractivity (Wildman–Crippen MR) is 130 cm³/mol. The number of nitrogens with one attached hydrogen (secondary N) is 1. The molecule has 0 aromatic rings. The first-order chi connectivity index (χ1) is 18.9. The molecule has 0 spiro atoms. The number of hydrogen-bond donors (Lipinski definition) is 12. The van der Waals surface area contributed by atoms with E-state index in [0.29, 0.717) is 0 Å². The maximum absolute atomic E-state index is 12.6. The van der Waals surface area contributed by atoms with Gasteiger partial charge in [-0.15, -0.1) is 0 Å². The highest BCUT2D eigenvalue weighted by Crippen LogP contribution is 2.31. The maximum atomic E-state index is 12.6. The number of hydrogen-bond acceptors (Lipinski definition) is 17. The molecular weight excluding hydrogens is 542 g/mol. The van der Waals surface area contributed by atoms with Crippen LogP contribution in [0.15, 0.2) is 0 Å². The van der Waals surface area contributed by atoms with E-state index < -0.39 is 110 Å². The molecule has 18 heteroatoms. The molecule has 16 N–H and O–H groups in total. The van der Waals surface area contributed by atoms with Crippen molar-refractivity contribution in [3.05, 3.63) is 0 Å². The topological polar surface area (TPSA) is 329 Å². The number of carbonyl (C=O) groups excluding carboxylic acids is 2. The number of amides is 1. The van der Waals surface area contributed by atoms with E-state index in [1.165, 1.54) is 0 Å². The molecular formula is C22H41N5O13. The van der Waals surface area contributed by atoms with E-state index in [1.807, 2.05) is 0 Å². The lowest BCUT2D eigenvalue weighted by molar-refractivity contribution is -0.319. The van der Waals surface area contributed by atoms with Gasteiger partial charge in [-0.2, -0.15) is 0 Å². The van der Waals surface area contributed by atoms with Gasteiger partial charge >= 0.3 is 0 Å². The van der Waals surface area contributed by atoms with E-state index in [-0.39, 0.29) is 25.9 Å². The highest BCUT2D eigenvalue weighted by molar-refractivity contribution is 5.88. The average Bonchev–Trinajstić information content (AvgIpc) is 2.92. The number of ketones is 1. The molecule has 0 radical (unpaired) electrons. The summed E-state index contributed by atoms with van der Waals surface area (Å²) in [6.07, 6.45) is -19.0. The Morgan fingerprint density at radius 2 is 1.60 bits per heavy atom. The summed E-state index contributed by atoms with van der Waals surface area (Å²) >= 11 is 0. The third kappa shape index (κ3) is 6.94. The zero-order valence-electron chi connectivity index (χ0n) is 21.6. The molecule has 3 rings (SSSR count). The van der Waals surface area contributed by atoms with Gasteiger partial charge in [0.25, 0.3) is 0 Å². The molecule has 2 saturated heterocycles. The summed E-state index contributed by atoms with van der Waals surface area (Å²) in [6.45, 7) is -1.01. The van der Waals surface area contributed by atoms with Crippen LogP contribution >= 0.6 is 0 Å². The van der Waals surface area contributed by atoms with Gasteiger partial charge in [-0.05, 0) is 19.4 Å². The van der Waals surface area contributed by atoms with Crippen LogP contribution in [-0.2, 0) is 28.5 Å². The summed E-state index contributed by atoms with van der Waals surface area (Å²) in [5.41, 5.74) is 23.0. The molecule has 0 aromatic heterocycles. The van der Waals surface area contributed by atoms with Crippen molar-refractivity contribution in [3.8, 4) is 0 Å². The second-order valence-electron chi connectivity index (χ2n) is 10.2. The fourth-order valence-electron chi connectivity index (χ4n) is 4.94. The lowest BCUT2D eigenvalue weighted by Gasteiger charge is -2.48.